The van der Waals surface area contributed by atoms with E-state index in [1.165, 1.54) is 0 Å². The average Bonchev–Trinajstić information content (AvgIpc) is 2.69. The van der Waals surface area contributed by atoms with Gasteiger partial charge in [0.1, 0.15) is 0 Å². The second kappa shape index (κ2) is 7.15. The normalized spacial score (nSPS) is 13.3. The summed E-state index contributed by atoms with van der Waals surface area (Å²) >= 11 is 0. The number of pyridine rings is 1. The maximum atomic E-state index is 12.7. The first kappa shape index (κ1) is 17.1. The fourth-order valence-corrected chi connectivity index (χ4v) is 3.29. The van der Waals surface area contributed by atoms with Gasteiger partial charge in [0.25, 0.3) is 5.56 Å². The minimum absolute atomic E-state index is 0.0204. The van der Waals surface area contributed by atoms with Crippen molar-refractivity contribution in [3.63, 3.8) is 0 Å². The number of Topliss-reactive ketones (excluding diaryl/α,β-unsaturated/α-hetero) is 1. The second-order valence-corrected chi connectivity index (χ2v) is 6.73. The zero-order chi connectivity index (χ0) is 18.8. The highest BCUT2D eigenvalue weighted by Gasteiger charge is 2.23. The lowest BCUT2D eigenvalue weighted by atomic mass is 10.1. The number of hydrogen-bond donors (Lipinski definition) is 0. The SMILES string of the molecule is Cc1ccc(C(=O)CN2CCCn3c2nc(-c2ccncc2)cc3=O)cc1. The molecule has 3 aromatic rings. The third kappa shape index (κ3) is 3.51. The number of carbonyl (C=O) groups excluding carboxylic acids is 1. The van der Waals surface area contributed by atoms with E-state index >= 15 is 0 Å². The first-order chi connectivity index (χ1) is 13.1. The number of hydrogen-bond acceptors (Lipinski definition) is 5. The van der Waals surface area contributed by atoms with Crippen LogP contribution in [-0.4, -0.2) is 33.4 Å². The first-order valence-corrected chi connectivity index (χ1v) is 8.99. The van der Waals surface area contributed by atoms with Crippen LogP contribution in [0.3, 0.4) is 0 Å². The van der Waals surface area contributed by atoms with Crippen molar-refractivity contribution in [1.29, 1.82) is 0 Å². The summed E-state index contributed by atoms with van der Waals surface area (Å²) < 4.78 is 1.65. The molecule has 0 saturated heterocycles. The molecule has 0 bridgehead atoms. The number of nitrogens with zero attached hydrogens (tertiary/aromatic N) is 4. The monoisotopic (exact) mass is 360 g/mol. The minimum atomic E-state index is -0.0979. The maximum absolute atomic E-state index is 12.7. The van der Waals surface area contributed by atoms with Crippen LogP contribution >= 0.6 is 0 Å². The van der Waals surface area contributed by atoms with Crippen molar-refractivity contribution < 1.29 is 4.79 Å². The molecule has 6 heteroatoms. The summed E-state index contributed by atoms with van der Waals surface area (Å²) in [5.41, 5.74) is 3.12. The van der Waals surface area contributed by atoms with Crippen LogP contribution in [0.2, 0.25) is 0 Å². The Morgan fingerprint density at radius 2 is 1.81 bits per heavy atom. The maximum Gasteiger partial charge on any atom is 0.255 e. The Morgan fingerprint density at radius 1 is 1.07 bits per heavy atom. The van der Waals surface area contributed by atoms with Gasteiger partial charge in [0.2, 0.25) is 5.95 Å². The van der Waals surface area contributed by atoms with Crippen molar-refractivity contribution in [2.75, 3.05) is 18.0 Å². The highest BCUT2D eigenvalue weighted by Crippen LogP contribution is 2.22. The van der Waals surface area contributed by atoms with Crippen LogP contribution in [0.25, 0.3) is 11.3 Å². The van der Waals surface area contributed by atoms with Crippen molar-refractivity contribution in [3.8, 4) is 11.3 Å². The molecule has 0 N–H and O–H groups in total. The molecule has 0 saturated carbocycles. The van der Waals surface area contributed by atoms with Crippen LogP contribution in [0, 0.1) is 6.92 Å². The Morgan fingerprint density at radius 3 is 2.56 bits per heavy atom. The van der Waals surface area contributed by atoms with Gasteiger partial charge in [-0.25, -0.2) is 4.98 Å². The van der Waals surface area contributed by atoms with Gasteiger partial charge in [0.15, 0.2) is 5.78 Å². The van der Waals surface area contributed by atoms with Crippen molar-refractivity contribution >= 4 is 11.7 Å². The molecule has 136 valence electrons. The molecule has 0 amide bonds. The molecule has 4 rings (SSSR count). The standard InChI is InChI=1S/C21H20N4O2/c1-15-3-5-17(6-4-15)19(26)14-24-11-2-12-25-20(27)13-18(23-21(24)25)16-7-9-22-10-8-16/h3-10,13H,2,11-12,14H2,1H3. The molecule has 1 aromatic carbocycles. The van der Waals surface area contributed by atoms with Gasteiger partial charge in [0.05, 0.1) is 12.2 Å². The predicted molar refractivity (Wildman–Crippen MR) is 104 cm³/mol. The number of anilines is 1. The molecular weight excluding hydrogens is 340 g/mol. The average molecular weight is 360 g/mol. The topological polar surface area (TPSA) is 68.1 Å². The van der Waals surface area contributed by atoms with Crippen LogP contribution in [0.1, 0.15) is 22.3 Å². The quantitative estimate of drug-likeness (QED) is 0.669. The number of rotatable bonds is 4. The Bertz CT molecular complexity index is 1030. The van der Waals surface area contributed by atoms with Gasteiger partial charge in [-0.15, -0.1) is 0 Å². The third-order valence-corrected chi connectivity index (χ3v) is 4.76. The van der Waals surface area contributed by atoms with E-state index in [1.54, 1.807) is 23.0 Å². The number of benzene rings is 1. The van der Waals surface area contributed by atoms with Gasteiger partial charge in [-0.05, 0) is 25.5 Å². The summed E-state index contributed by atoms with van der Waals surface area (Å²) in [6.45, 7) is 3.51. The van der Waals surface area contributed by atoms with E-state index in [1.807, 2.05) is 48.2 Å². The molecule has 2 aromatic heterocycles. The molecule has 1 aliphatic rings. The number of ketones is 1. The van der Waals surface area contributed by atoms with Crippen LogP contribution in [0.5, 0.6) is 0 Å². The molecule has 0 aliphatic carbocycles. The number of fused-ring (bicyclic) bond motifs is 1. The third-order valence-electron chi connectivity index (χ3n) is 4.76. The summed E-state index contributed by atoms with van der Waals surface area (Å²) in [5.74, 6) is 0.577. The van der Waals surface area contributed by atoms with Crippen molar-refractivity contribution in [1.82, 2.24) is 14.5 Å². The molecule has 1 aliphatic heterocycles. The molecule has 27 heavy (non-hydrogen) atoms. The van der Waals surface area contributed by atoms with E-state index in [0.29, 0.717) is 30.3 Å². The molecular formula is C21H20N4O2. The van der Waals surface area contributed by atoms with E-state index in [9.17, 15) is 9.59 Å². The van der Waals surface area contributed by atoms with Gasteiger partial charge in [-0.1, -0.05) is 29.8 Å². The highest BCUT2D eigenvalue weighted by molar-refractivity contribution is 5.99. The molecule has 0 atom stereocenters. The summed E-state index contributed by atoms with van der Waals surface area (Å²) in [6.07, 6.45) is 4.16. The molecule has 6 nitrogen and oxygen atoms in total. The van der Waals surface area contributed by atoms with Gasteiger partial charge in [-0.2, -0.15) is 0 Å². The fourth-order valence-electron chi connectivity index (χ4n) is 3.29. The number of carbonyl (C=O) groups is 1. The van der Waals surface area contributed by atoms with Crippen molar-refractivity contribution in [3.05, 3.63) is 76.3 Å². The molecule has 0 fully saturated rings. The van der Waals surface area contributed by atoms with E-state index in [2.05, 4.69) is 4.98 Å². The fraction of sp³-hybridized carbons (Fsp3) is 0.238. The summed E-state index contributed by atoms with van der Waals surface area (Å²) in [7, 11) is 0. The smallest absolute Gasteiger partial charge is 0.255 e. The Hall–Kier alpha value is -3.28. The summed E-state index contributed by atoms with van der Waals surface area (Å²) in [6, 6.07) is 12.7. The minimum Gasteiger partial charge on any atom is -0.334 e. The lowest BCUT2D eigenvalue weighted by Crippen LogP contribution is -2.41. The summed E-state index contributed by atoms with van der Waals surface area (Å²) in [5, 5.41) is 0. The van der Waals surface area contributed by atoms with Crippen LogP contribution in [-0.2, 0) is 6.54 Å². The second-order valence-electron chi connectivity index (χ2n) is 6.73. The van der Waals surface area contributed by atoms with Gasteiger partial charge in [-0.3, -0.25) is 19.1 Å². The lowest BCUT2D eigenvalue weighted by Gasteiger charge is -2.30. The molecule has 0 radical (unpaired) electrons. The van der Waals surface area contributed by atoms with E-state index < -0.39 is 0 Å². The number of aryl methyl sites for hydroxylation is 1. The Kier molecular flexibility index (Phi) is 4.54. The highest BCUT2D eigenvalue weighted by atomic mass is 16.1. The van der Waals surface area contributed by atoms with E-state index in [4.69, 9.17) is 4.98 Å². The van der Waals surface area contributed by atoms with Crippen molar-refractivity contribution in [2.24, 2.45) is 0 Å². The Labute approximate surface area is 157 Å². The van der Waals surface area contributed by atoms with Crippen LogP contribution in [0.4, 0.5) is 5.95 Å². The zero-order valence-corrected chi connectivity index (χ0v) is 15.1. The predicted octanol–water partition coefficient (Wildman–Crippen LogP) is 2.71. The van der Waals surface area contributed by atoms with E-state index in [0.717, 1.165) is 17.5 Å². The Balaban J connectivity index is 1.67. The van der Waals surface area contributed by atoms with Crippen LogP contribution in [0.15, 0.2) is 59.7 Å². The first-order valence-electron chi connectivity index (χ1n) is 8.99. The number of aromatic nitrogens is 3. The van der Waals surface area contributed by atoms with Gasteiger partial charge < -0.3 is 4.90 Å². The van der Waals surface area contributed by atoms with Gasteiger partial charge >= 0.3 is 0 Å². The molecule has 3 heterocycles. The lowest BCUT2D eigenvalue weighted by molar-refractivity contribution is 0.0997. The largest absolute Gasteiger partial charge is 0.334 e. The molecule has 0 unspecified atom stereocenters. The van der Waals surface area contributed by atoms with Crippen LogP contribution < -0.4 is 10.5 Å². The van der Waals surface area contributed by atoms with Crippen molar-refractivity contribution in [2.45, 2.75) is 19.9 Å². The summed E-state index contributed by atoms with van der Waals surface area (Å²) in [4.78, 5) is 35.9. The van der Waals surface area contributed by atoms with Gasteiger partial charge in [0, 0.05) is 42.7 Å². The zero-order valence-electron chi connectivity index (χ0n) is 15.1. The van der Waals surface area contributed by atoms with E-state index in [-0.39, 0.29) is 17.9 Å². The molecule has 0 spiro atoms.